The topological polar surface area (TPSA) is 59.8 Å². The molecule has 0 amide bonds. The Labute approximate surface area is 146 Å². The number of rotatable bonds is 3. The maximum Gasteiger partial charge on any atom is 0.185 e. The number of hydrogen-bond donors (Lipinski definition) is 2. The first-order valence-electron chi connectivity index (χ1n) is 8.52. The lowest BCUT2D eigenvalue weighted by atomic mass is 10.1. The Bertz CT molecular complexity index is 680. The first-order chi connectivity index (χ1) is 11.7. The second kappa shape index (κ2) is 6.80. The van der Waals surface area contributed by atoms with Gasteiger partial charge >= 0.3 is 0 Å². The first-order valence-corrected chi connectivity index (χ1v) is 9.40. The van der Waals surface area contributed by atoms with Crippen LogP contribution in [0.1, 0.15) is 16.8 Å². The van der Waals surface area contributed by atoms with E-state index in [1.165, 1.54) is 11.1 Å². The second-order valence-corrected chi connectivity index (χ2v) is 7.54. The predicted octanol–water partition coefficient (Wildman–Crippen LogP) is 1.29. The van der Waals surface area contributed by atoms with Crippen molar-refractivity contribution in [1.29, 1.82) is 0 Å². The molecule has 1 aromatic heterocycles. The normalized spacial score (nSPS) is 22.6. The highest BCUT2D eigenvalue weighted by Crippen LogP contribution is 2.27. The van der Waals surface area contributed by atoms with Gasteiger partial charge in [0.2, 0.25) is 0 Å². The molecule has 0 saturated carbocycles. The van der Waals surface area contributed by atoms with Crippen LogP contribution in [-0.2, 0) is 19.4 Å². The van der Waals surface area contributed by atoms with E-state index in [4.69, 9.17) is 0 Å². The van der Waals surface area contributed by atoms with Crippen molar-refractivity contribution in [3.05, 3.63) is 46.5 Å². The molecule has 2 aliphatic rings. The van der Waals surface area contributed by atoms with Gasteiger partial charge in [0.25, 0.3) is 0 Å². The van der Waals surface area contributed by atoms with Gasteiger partial charge in [-0.15, -0.1) is 11.3 Å². The lowest BCUT2D eigenvalue weighted by Crippen LogP contribution is -2.41. The quantitative estimate of drug-likeness (QED) is 0.878. The SMILES string of the molecule is OCc1csc(N2CCN(C3Cc4ccccc4C3)C[C@@H](O)C2)n1. The van der Waals surface area contributed by atoms with Crippen LogP contribution in [0.4, 0.5) is 5.13 Å². The van der Waals surface area contributed by atoms with E-state index in [1.807, 2.05) is 5.38 Å². The van der Waals surface area contributed by atoms with Crippen molar-refractivity contribution in [3.8, 4) is 0 Å². The summed E-state index contributed by atoms with van der Waals surface area (Å²) < 4.78 is 0. The van der Waals surface area contributed by atoms with Crippen LogP contribution in [0.25, 0.3) is 0 Å². The maximum atomic E-state index is 10.5. The summed E-state index contributed by atoms with van der Waals surface area (Å²) in [6, 6.07) is 9.16. The molecule has 1 aliphatic heterocycles. The van der Waals surface area contributed by atoms with Crippen molar-refractivity contribution in [2.75, 3.05) is 31.1 Å². The van der Waals surface area contributed by atoms with Gasteiger partial charge in [-0.2, -0.15) is 0 Å². The smallest absolute Gasteiger partial charge is 0.185 e. The number of nitrogens with zero attached hydrogens (tertiary/aromatic N) is 3. The molecular weight excluding hydrogens is 322 g/mol. The van der Waals surface area contributed by atoms with Crippen molar-refractivity contribution in [2.45, 2.75) is 31.6 Å². The summed E-state index contributed by atoms with van der Waals surface area (Å²) in [5.74, 6) is 0. The summed E-state index contributed by atoms with van der Waals surface area (Å²) in [6.07, 6.45) is 1.78. The third-order valence-electron chi connectivity index (χ3n) is 5.05. The van der Waals surface area contributed by atoms with Gasteiger partial charge in [-0.1, -0.05) is 24.3 Å². The lowest BCUT2D eigenvalue weighted by molar-refractivity contribution is 0.109. The number of thiazole rings is 1. The van der Waals surface area contributed by atoms with Crippen LogP contribution in [-0.4, -0.2) is 58.4 Å². The third kappa shape index (κ3) is 3.19. The molecule has 2 N–H and O–H groups in total. The van der Waals surface area contributed by atoms with Crippen molar-refractivity contribution >= 4 is 16.5 Å². The van der Waals surface area contributed by atoms with E-state index in [0.29, 0.717) is 24.8 Å². The number of β-amino-alcohol motifs (C(OH)–C–C–N with tert-alkyl or cyclic N) is 1. The predicted molar refractivity (Wildman–Crippen MR) is 95.5 cm³/mol. The highest BCUT2D eigenvalue weighted by atomic mass is 32.1. The summed E-state index contributed by atoms with van der Waals surface area (Å²) in [5.41, 5.74) is 3.60. The van der Waals surface area contributed by atoms with Gasteiger partial charge < -0.3 is 15.1 Å². The monoisotopic (exact) mass is 345 g/mol. The van der Waals surface area contributed by atoms with Crippen molar-refractivity contribution < 1.29 is 10.2 Å². The van der Waals surface area contributed by atoms with Crippen LogP contribution in [0, 0.1) is 0 Å². The number of anilines is 1. The molecule has 1 aromatic carbocycles. The fourth-order valence-corrected chi connectivity index (χ4v) is 4.68. The van der Waals surface area contributed by atoms with Crippen LogP contribution in [0.5, 0.6) is 0 Å². The molecule has 0 unspecified atom stereocenters. The highest BCUT2D eigenvalue weighted by molar-refractivity contribution is 7.13. The van der Waals surface area contributed by atoms with Gasteiger partial charge in [0.15, 0.2) is 5.13 Å². The molecule has 2 heterocycles. The fraction of sp³-hybridized carbons (Fsp3) is 0.500. The molecule has 1 fully saturated rings. The van der Waals surface area contributed by atoms with E-state index >= 15 is 0 Å². The fourth-order valence-electron chi connectivity index (χ4n) is 3.83. The Morgan fingerprint density at radius 3 is 2.54 bits per heavy atom. The third-order valence-corrected chi connectivity index (χ3v) is 6.00. The summed E-state index contributed by atoms with van der Waals surface area (Å²) in [7, 11) is 0. The molecule has 2 aromatic rings. The van der Waals surface area contributed by atoms with Crippen LogP contribution in [0.15, 0.2) is 29.6 Å². The van der Waals surface area contributed by atoms with Gasteiger partial charge in [0.1, 0.15) is 0 Å². The van der Waals surface area contributed by atoms with E-state index in [1.54, 1.807) is 11.3 Å². The van der Waals surface area contributed by atoms with E-state index < -0.39 is 0 Å². The Hall–Kier alpha value is -1.47. The number of aliphatic hydroxyl groups is 2. The zero-order valence-corrected chi connectivity index (χ0v) is 14.5. The number of hydrogen-bond acceptors (Lipinski definition) is 6. The molecular formula is C18H23N3O2S. The largest absolute Gasteiger partial charge is 0.390 e. The summed E-state index contributed by atoms with van der Waals surface area (Å²) in [6.45, 7) is 3.09. The molecule has 1 saturated heterocycles. The summed E-state index contributed by atoms with van der Waals surface area (Å²) in [4.78, 5) is 9.03. The van der Waals surface area contributed by atoms with E-state index in [-0.39, 0.29) is 12.7 Å². The zero-order valence-electron chi connectivity index (χ0n) is 13.6. The second-order valence-electron chi connectivity index (χ2n) is 6.71. The minimum Gasteiger partial charge on any atom is -0.390 e. The van der Waals surface area contributed by atoms with Gasteiger partial charge in [0, 0.05) is 37.6 Å². The standard InChI is InChI=1S/C18H23N3O2S/c22-11-15-12-24-18(19-15)21-6-5-20(9-17(23)10-21)16-7-13-3-1-2-4-14(13)8-16/h1-4,12,16-17,22-23H,5-11H2/t17-/m1/s1. The molecule has 24 heavy (non-hydrogen) atoms. The average Bonchev–Trinajstić information content (AvgIpc) is 3.19. The highest BCUT2D eigenvalue weighted by Gasteiger charge is 2.31. The van der Waals surface area contributed by atoms with Crippen LogP contribution < -0.4 is 4.90 Å². The van der Waals surface area contributed by atoms with Gasteiger partial charge in [0.05, 0.1) is 18.4 Å². The van der Waals surface area contributed by atoms with Crippen molar-refractivity contribution in [2.24, 2.45) is 0 Å². The van der Waals surface area contributed by atoms with Crippen LogP contribution in [0.2, 0.25) is 0 Å². The van der Waals surface area contributed by atoms with Crippen LogP contribution >= 0.6 is 11.3 Å². The molecule has 0 bridgehead atoms. The molecule has 4 rings (SSSR count). The zero-order chi connectivity index (χ0) is 16.5. The maximum absolute atomic E-state index is 10.5. The van der Waals surface area contributed by atoms with Gasteiger partial charge in [-0.05, 0) is 24.0 Å². The van der Waals surface area contributed by atoms with Gasteiger partial charge in [-0.25, -0.2) is 4.98 Å². The van der Waals surface area contributed by atoms with E-state index in [9.17, 15) is 10.2 Å². The number of aliphatic hydroxyl groups excluding tert-OH is 2. The van der Waals surface area contributed by atoms with Crippen LogP contribution in [0.3, 0.4) is 0 Å². The molecule has 0 radical (unpaired) electrons. The number of fused-ring (bicyclic) bond motifs is 1. The minimum absolute atomic E-state index is 0.0284. The number of aromatic nitrogens is 1. The van der Waals surface area contributed by atoms with E-state index in [0.717, 1.165) is 31.1 Å². The Morgan fingerprint density at radius 1 is 1.12 bits per heavy atom. The number of benzene rings is 1. The lowest BCUT2D eigenvalue weighted by Gasteiger charge is -2.28. The molecule has 5 nitrogen and oxygen atoms in total. The van der Waals surface area contributed by atoms with Crippen molar-refractivity contribution in [1.82, 2.24) is 9.88 Å². The molecule has 128 valence electrons. The average molecular weight is 345 g/mol. The molecule has 1 aliphatic carbocycles. The Balaban J connectivity index is 1.45. The first kappa shape index (κ1) is 16.0. The molecule has 6 heteroatoms. The Morgan fingerprint density at radius 2 is 1.88 bits per heavy atom. The van der Waals surface area contributed by atoms with Crippen molar-refractivity contribution in [3.63, 3.8) is 0 Å². The van der Waals surface area contributed by atoms with Gasteiger partial charge in [-0.3, -0.25) is 4.90 Å². The van der Waals surface area contributed by atoms with E-state index in [2.05, 4.69) is 39.0 Å². The Kier molecular flexibility index (Phi) is 4.54. The minimum atomic E-state index is -0.377. The molecule has 1 atom stereocenters. The summed E-state index contributed by atoms with van der Waals surface area (Å²) >= 11 is 1.54. The summed E-state index contributed by atoms with van der Waals surface area (Å²) in [5, 5.41) is 22.5. The molecule has 0 spiro atoms.